The van der Waals surface area contributed by atoms with Crippen LogP contribution in [0.2, 0.25) is 0 Å². The van der Waals surface area contributed by atoms with Gasteiger partial charge in [0.1, 0.15) is 0 Å². The summed E-state index contributed by atoms with van der Waals surface area (Å²) in [6.45, 7) is -0.518. The van der Waals surface area contributed by atoms with E-state index in [1.54, 1.807) is 18.2 Å². The molecular formula is C19H18Na2O7. The van der Waals surface area contributed by atoms with Crippen LogP contribution in [0.1, 0.15) is 29.1 Å². The molecule has 138 valence electrons. The second kappa shape index (κ2) is 12.8. The quantitative estimate of drug-likeness (QED) is 0.274. The van der Waals surface area contributed by atoms with E-state index in [-0.39, 0.29) is 84.8 Å². The van der Waals surface area contributed by atoms with Gasteiger partial charge < -0.3 is 22.5 Å². The van der Waals surface area contributed by atoms with Crippen LogP contribution in [0.3, 0.4) is 0 Å². The number of aliphatic carboxylic acids is 1. The van der Waals surface area contributed by atoms with Crippen molar-refractivity contribution in [2.24, 2.45) is 0 Å². The van der Waals surface area contributed by atoms with E-state index in [1.807, 2.05) is 0 Å². The molecule has 0 bridgehead atoms. The van der Waals surface area contributed by atoms with Gasteiger partial charge in [0.25, 0.3) is 0 Å². The van der Waals surface area contributed by atoms with Gasteiger partial charge in [0.2, 0.25) is 0 Å². The molecule has 2 rings (SSSR count). The first-order valence-electron chi connectivity index (χ1n) is 7.49. The van der Waals surface area contributed by atoms with Gasteiger partial charge in [-0.25, -0.2) is 9.59 Å². The van der Waals surface area contributed by atoms with Crippen LogP contribution in [0.25, 0.3) is 6.08 Å². The maximum absolute atomic E-state index is 12.3. The molecule has 0 heterocycles. The Morgan fingerprint density at radius 1 is 0.964 bits per heavy atom. The van der Waals surface area contributed by atoms with E-state index < -0.39 is 18.5 Å². The molecule has 7 nitrogen and oxygen atoms in total. The molecule has 2 aromatic carbocycles. The number of benzene rings is 2. The van der Waals surface area contributed by atoms with Crippen LogP contribution in [0.15, 0.2) is 48.5 Å². The summed E-state index contributed by atoms with van der Waals surface area (Å²) in [6.07, 6.45) is 2.91. The van der Waals surface area contributed by atoms with E-state index in [0.29, 0.717) is 11.1 Å². The molecular weight excluding hydrogens is 386 g/mol. The van der Waals surface area contributed by atoms with Gasteiger partial charge in [0.05, 0.1) is 12.7 Å². The molecule has 0 saturated heterocycles. The van der Waals surface area contributed by atoms with E-state index in [9.17, 15) is 14.4 Å². The van der Waals surface area contributed by atoms with Crippen molar-refractivity contribution in [1.82, 2.24) is 0 Å². The van der Waals surface area contributed by atoms with Crippen molar-refractivity contribution < 1.29 is 96.0 Å². The minimum atomic E-state index is -1.12. The molecule has 0 atom stereocenters. The SMILES string of the molecule is COc1cc(C(=O)C=Cc2ccc(C(=O)O)cc2)ccc1OCC(=O)O.[H-].[H-].[Na+].[Na+]. The molecule has 28 heavy (non-hydrogen) atoms. The summed E-state index contributed by atoms with van der Waals surface area (Å²) >= 11 is 0. The molecule has 0 aliphatic carbocycles. The summed E-state index contributed by atoms with van der Waals surface area (Å²) in [5.74, 6) is -1.97. The summed E-state index contributed by atoms with van der Waals surface area (Å²) in [7, 11) is 1.39. The number of hydrogen-bond donors (Lipinski definition) is 2. The van der Waals surface area contributed by atoms with Gasteiger partial charge >= 0.3 is 71.1 Å². The number of carboxylic acid groups (broad SMARTS) is 2. The minimum Gasteiger partial charge on any atom is -1.00 e. The van der Waals surface area contributed by atoms with Crippen LogP contribution >= 0.6 is 0 Å². The van der Waals surface area contributed by atoms with Gasteiger partial charge in [-0.05, 0) is 42.0 Å². The monoisotopic (exact) mass is 404 g/mol. The molecule has 0 amide bonds. The molecule has 0 radical (unpaired) electrons. The minimum absolute atomic E-state index is 0. The van der Waals surface area contributed by atoms with E-state index >= 15 is 0 Å². The summed E-state index contributed by atoms with van der Waals surface area (Å²) in [5.41, 5.74) is 1.18. The molecule has 0 fully saturated rings. The predicted molar refractivity (Wildman–Crippen MR) is 95.1 cm³/mol. The Kier molecular flexibility index (Phi) is 12.0. The third-order valence-electron chi connectivity index (χ3n) is 3.38. The Balaban J connectivity index is -0.00000182. The van der Waals surface area contributed by atoms with Crippen LogP contribution < -0.4 is 68.6 Å². The van der Waals surface area contributed by atoms with E-state index in [4.69, 9.17) is 19.7 Å². The molecule has 0 aliphatic heterocycles. The zero-order chi connectivity index (χ0) is 19.1. The standard InChI is InChI=1S/C19H16O7.2Na.2H/c1-25-17-10-14(7-9-16(17)26-11-18(21)22)15(20)8-4-12-2-5-13(6-3-12)19(23)24;;;;/h2-10H,11H2,1H3,(H,21,22)(H,23,24);;;;/q;2*+1;2*-1. The first-order chi connectivity index (χ1) is 12.4. The van der Waals surface area contributed by atoms with E-state index in [2.05, 4.69) is 0 Å². The van der Waals surface area contributed by atoms with Crippen LogP contribution in [0.5, 0.6) is 11.5 Å². The smallest absolute Gasteiger partial charge is 1.00 e. The van der Waals surface area contributed by atoms with Gasteiger partial charge in [-0.2, -0.15) is 0 Å². The average Bonchev–Trinajstić information content (AvgIpc) is 2.64. The maximum Gasteiger partial charge on any atom is 1.00 e. The van der Waals surface area contributed by atoms with Gasteiger partial charge in [-0.3, -0.25) is 4.79 Å². The van der Waals surface area contributed by atoms with Crippen molar-refractivity contribution in [2.45, 2.75) is 0 Å². The van der Waals surface area contributed by atoms with Crippen molar-refractivity contribution in [1.29, 1.82) is 0 Å². The predicted octanol–water partition coefficient (Wildman–Crippen LogP) is -3.01. The van der Waals surface area contributed by atoms with Crippen LogP contribution in [-0.4, -0.2) is 41.7 Å². The van der Waals surface area contributed by atoms with Gasteiger partial charge in [0, 0.05) is 5.56 Å². The third-order valence-corrected chi connectivity index (χ3v) is 3.38. The third kappa shape index (κ3) is 7.79. The maximum atomic E-state index is 12.3. The largest absolute Gasteiger partial charge is 1.00 e. The number of ether oxygens (including phenoxy) is 2. The van der Waals surface area contributed by atoms with E-state index in [1.165, 1.54) is 43.5 Å². The number of methoxy groups -OCH3 is 1. The normalized spacial score (nSPS) is 9.75. The van der Waals surface area contributed by atoms with Gasteiger partial charge in [-0.1, -0.05) is 18.2 Å². The average molecular weight is 404 g/mol. The first-order valence-corrected chi connectivity index (χ1v) is 7.49. The molecule has 0 spiro atoms. The number of carbonyl (C=O) groups excluding carboxylic acids is 1. The topological polar surface area (TPSA) is 110 Å². The van der Waals surface area contributed by atoms with Gasteiger partial charge in [0.15, 0.2) is 23.9 Å². The fourth-order valence-corrected chi connectivity index (χ4v) is 2.08. The zero-order valence-electron chi connectivity index (χ0n) is 17.8. The van der Waals surface area contributed by atoms with Crippen molar-refractivity contribution >= 4 is 23.8 Å². The van der Waals surface area contributed by atoms with Crippen molar-refractivity contribution in [2.75, 3.05) is 13.7 Å². The number of hydrogen-bond acceptors (Lipinski definition) is 5. The number of aromatic carboxylic acids is 1. The summed E-state index contributed by atoms with van der Waals surface area (Å²) in [4.78, 5) is 33.6. The number of carboxylic acids is 2. The van der Waals surface area contributed by atoms with Crippen molar-refractivity contribution in [3.63, 3.8) is 0 Å². The van der Waals surface area contributed by atoms with Crippen LogP contribution in [0, 0.1) is 0 Å². The Bertz CT molecular complexity index is 872. The molecule has 0 saturated carbocycles. The molecule has 2 N–H and O–H groups in total. The summed E-state index contributed by atoms with van der Waals surface area (Å²) < 4.78 is 10.2. The fraction of sp³-hybridized carbons (Fsp3) is 0.105. The second-order valence-electron chi connectivity index (χ2n) is 5.17. The van der Waals surface area contributed by atoms with Crippen molar-refractivity contribution in [3.05, 3.63) is 65.2 Å². The molecule has 0 unspecified atom stereocenters. The Morgan fingerprint density at radius 2 is 1.57 bits per heavy atom. The van der Waals surface area contributed by atoms with E-state index in [0.717, 1.165) is 0 Å². The van der Waals surface area contributed by atoms with Gasteiger partial charge in [-0.15, -0.1) is 0 Å². The molecule has 0 aliphatic rings. The number of allylic oxidation sites excluding steroid dienone is 1. The number of rotatable bonds is 8. The Hall–Kier alpha value is -1.61. The summed E-state index contributed by atoms with van der Waals surface area (Å²) in [5, 5.41) is 17.5. The molecule has 0 aromatic heterocycles. The Morgan fingerprint density at radius 3 is 2.11 bits per heavy atom. The number of carbonyl (C=O) groups is 3. The fourth-order valence-electron chi connectivity index (χ4n) is 2.08. The molecule has 9 heteroatoms. The van der Waals surface area contributed by atoms with Crippen LogP contribution in [0.4, 0.5) is 0 Å². The van der Waals surface area contributed by atoms with Crippen molar-refractivity contribution in [3.8, 4) is 11.5 Å². The summed E-state index contributed by atoms with van der Waals surface area (Å²) in [6, 6.07) is 10.5. The van der Waals surface area contributed by atoms with Crippen LogP contribution in [-0.2, 0) is 4.79 Å². The Labute approximate surface area is 208 Å². The number of ketones is 1. The first kappa shape index (κ1) is 26.4. The second-order valence-corrected chi connectivity index (χ2v) is 5.17. The molecule has 2 aromatic rings. The zero-order valence-corrected chi connectivity index (χ0v) is 19.8.